The normalized spacial score (nSPS) is 12.0. The van der Waals surface area contributed by atoms with E-state index in [2.05, 4.69) is 10.1 Å². The van der Waals surface area contributed by atoms with Gasteiger partial charge in [0.2, 0.25) is 0 Å². The summed E-state index contributed by atoms with van der Waals surface area (Å²) >= 11 is 0. The van der Waals surface area contributed by atoms with E-state index in [9.17, 15) is 14.5 Å². The molecule has 0 radical (unpaired) electrons. The van der Waals surface area contributed by atoms with Gasteiger partial charge in [-0.3, -0.25) is 10.1 Å². The molecule has 0 aliphatic rings. The zero-order chi connectivity index (χ0) is 18.0. The lowest BCUT2D eigenvalue weighted by atomic mass is 10.1. The molecule has 0 spiro atoms. The molecule has 25 heavy (non-hydrogen) atoms. The van der Waals surface area contributed by atoms with Gasteiger partial charge < -0.3 is 4.90 Å². The molecule has 2 aromatic carbocycles. The number of nitro groups is 1. The van der Waals surface area contributed by atoms with Gasteiger partial charge in [-0.2, -0.15) is 5.10 Å². The number of anilines is 1. The fraction of sp³-hybridized carbons (Fsp3) is 0.176. The Bertz CT molecular complexity index is 881. The first kappa shape index (κ1) is 16.6. The molecule has 0 amide bonds. The highest BCUT2D eigenvalue weighted by Crippen LogP contribution is 2.33. The van der Waals surface area contributed by atoms with Crippen molar-refractivity contribution < 1.29 is 9.31 Å². The SMILES string of the molecule is CC(c1ccc(-n2cncn2)cc1)N(C)c1cc(F)ccc1[N+](=O)[O-]. The second-order valence-corrected chi connectivity index (χ2v) is 5.61. The Kier molecular flexibility index (Phi) is 4.42. The third kappa shape index (κ3) is 3.32. The molecule has 3 aromatic rings. The van der Waals surface area contributed by atoms with E-state index in [1.165, 1.54) is 18.5 Å². The molecule has 0 N–H and O–H groups in total. The zero-order valence-electron chi connectivity index (χ0n) is 13.7. The minimum Gasteiger partial charge on any atom is -0.362 e. The third-order valence-electron chi connectivity index (χ3n) is 4.15. The fourth-order valence-corrected chi connectivity index (χ4v) is 2.61. The molecule has 1 aromatic heterocycles. The van der Waals surface area contributed by atoms with Crippen LogP contribution in [-0.4, -0.2) is 26.7 Å². The summed E-state index contributed by atoms with van der Waals surface area (Å²) < 4.78 is 15.2. The van der Waals surface area contributed by atoms with E-state index >= 15 is 0 Å². The molecule has 0 aliphatic carbocycles. The number of hydrogen-bond donors (Lipinski definition) is 0. The lowest BCUT2D eigenvalue weighted by Gasteiger charge is -2.27. The van der Waals surface area contributed by atoms with Crippen LogP contribution < -0.4 is 4.90 Å². The van der Waals surface area contributed by atoms with Crippen molar-refractivity contribution in [3.63, 3.8) is 0 Å². The second kappa shape index (κ2) is 6.68. The zero-order valence-corrected chi connectivity index (χ0v) is 13.7. The summed E-state index contributed by atoms with van der Waals surface area (Å²) in [6, 6.07) is 10.8. The van der Waals surface area contributed by atoms with Gasteiger partial charge in [0.25, 0.3) is 5.69 Å². The van der Waals surface area contributed by atoms with E-state index in [-0.39, 0.29) is 17.4 Å². The van der Waals surface area contributed by atoms with Crippen LogP contribution in [0.15, 0.2) is 55.1 Å². The maximum absolute atomic E-state index is 13.6. The first-order chi connectivity index (χ1) is 12.0. The molecule has 3 rings (SSSR count). The minimum atomic E-state index is -0.513. The van der Waals surface area contributed by atoms with Crippen LogP contribution in [0.5, 0.6) is 0 Å². The molecule has 8 heteroatoms. The highest BCUT2D eigenvalue weighted by atomic mass is 19.1. The van der Waals surface area contributed by atoms with E-state index in [1.807, 2.05) is 31.2 Å². The van der Waals surface area contributed by atoms with Crippen LogP contribution >= 0.6 is 0 Å². The second-order valence-electron chi connectivity index (χ2n) is 5.61. The molecule has 0 saturated carbocycles. The van der Waals surface area contributed by atoms with Gasteiger partial charge in [0, 0.05) is 19.2 Å². The molecular weight excluding hydrogens is 325 g/mol. The summed E-state index contributed by atoms with van der Waals surface area (Å²) in [7, 11) is 1.71. The summed E-state index contributed by atoms with van der Waals surface area (Å²) in [5.74, 6) is -0.513. The Morgan fingerprint density at radius 1 is 1.24 bits per heavy atom. The molecule has 1 atom stereocenters. The van der Waals surface area contributed by atoms with Gasteiger partial charge in [0.05, 0.1) is 16.7 Å². The summed E-state index contributed by atoms with van der Waals surface area (Å²) in [5, 5.41) is 15.3. The van der Waals surface area contributed by atoms with Crippen LogP contribution in [0, 0.1) is 15.9 Å². The predicted octanol–water partition coefficient (Wildman–Crippen LogP) is 3.51. The maximum atomic E-state index is 13.6. The van der Waals surface area contributed by atoms with E-state index in [1.54, 1.807) is 23.0 Å². The van der Waals surface area contributed by atoms with Crippen LogP contribution in [0.25, 0.3) is 5.69 Å². The van der Waals surface area contributed by atoms with Crippen molar-refractivity contribution in [1.82, 2.24) is 14.8 Å². The van der Waals surface area contributed by atoms with Gasteiger partial charge >= 0.3 is 0 Å². The molecule has 0 aliphatic heterocycles. The fourth-order valence-electron chi connectivity index (χ4n) is 2.61. The number of aromatic nitrogens is 3. The predicted molar refractivity (Wildman–Crippen MR) is 91.2 cm³/mol. The Hall–Kier alpha value is -3.29. The average molecular weight is 341 g/mol. The maximum Gasteiger partial charge on any atom is 0.292 e. The summed E-state index contributed by atoms with van der Waals surface area (Å²) in [4.78, 5) is 16.3. The topological polar surface area (TPSA) is 77.1 Å². The number of nitro benzene ring substituents is 1. The molecule has 0 bridgehead atoms. The molecule has 1 unspecified atom stereocenters. The molecular formula is C17H16FN5O2. The van der Waals surface area contributed by atoms with Crippen molar-refractivity contribution >= 4 is 11.4 Å². The van der Waals surface area contributed by atoms with Crippen molar-refractivity contribution in [2.24, 2.45) is 0 Å². The number of halogens is 1. The quantitative estimate of drug-likeness (QED) is 0.524. The smallest absolute Gasteiger partial charge is 0.292 e. The van der Waals surface area contributed by atoms with E-state index in [4.69, 9.17) is 0 Å². The summed E-state index contributed by atoms with van der Waals surface area (Å²) in [6.07, 6.45) is 3.05. The van der Waals surface area contributed by atoms with Crippen LogP contribution in [0.2, 0.25) is 0 Å². The summed E-state index contributed by atoms with van der Waals surface area (Å²) in [5.41, 5.74) is 1.89. The molecule has 0 saturated heterocycles. The molecule has 1 heterocycles. The first-order valence-electron chi connectivity index (χ1n) is 7.59. The average Bonchev–Trinajstić information content (AvgIpc) is 3.15. The summed E-state index contributed by atoms with van der Waals surface area (Å²) in [6.45, 7) is 1.90. The van der Waals surface area contributed by atoms with E-state index in [0.29, 0.717) is 0 Å². The lowest BCUT2D eigenvalue weighted by Crippen LogP contribution is -2.22. The van der Waals surface area contributed by atoms with Gasteiger partial charge in [0.1, 0.15) is 24.2 Å². The Balaban J connectivity index is 1.89. The number of rotatable bonds is 5. The highest BCUT2D eigenvalue weighted by molar-refractivity contribution is 5.64. The van der Waals surface area contributed by atoms with E-state index in [0.717, 1.165) is 17.3 Å². The van der Waals surface area contributed by atoms with Crippen LogP contribution in [0.3, 0.4) is 0 Å². The highest BCUT2D eigenvalue weighted by Gasteiger charge is 2.22. The monoisotopic (exact) mass is 341 g/mol. The Morgan fingerprint density at radius 2 is 1.96 bits per heavy atom. The van der Waals surface area contributed by atoms with Crippen molar-refractivity contribution in [2.75, 3.05) is 11.9 Å². The van der Waals surface area contributed by atoms with Crippen molar-refractivity contribution in [3.8, 4) is 5.69 Å². The number of nitrogens with zero attached hydrogens (tertiary/aromatic N) is 5. The largest absolute Gasteiger partial charge is 0.362 e. The molecule has 7 nitrogen and oxygen atoms in total. The Morgan fingerprint density at radius 3 is 2.56 bits per heavy atom. The minimum absolute atomic E-state index is 0.130. The van der Waals surface area contributed by atoms with Gasteiger partial charge in [-0.05, 0) is 30.7 Å². The van der Waals surface area contributed by atoms with Crippen LogP contribution in [0.1, 0.15) is 18.5 Å². The number of hydrogen-bond acceptors (Lipinski definition) is 5. The molecule has 128 valence electrons. The van der Waals surface area contributed by atoms with Crippen LogP contribution in [-0.2, 0) is 0 Å². The van der Waals surface area contributed by atoms with Crippen LogP contribution in [0.4, 0.5) is 15.8 Å². The van der Waals surface area contributed by atoms with Crippen molar-refractivity contribution in [1.29, 1.82) is 0 Å². The Labute approximate surface area is 143 Å². The van der Waals surface area contributed by atoms with E-state index < -0.39 is 10.7 Å². The number of benzene rings is 2. The third-order valence-corrected chi connectivity index (χ3v) is 4.15. The first-order valence-corrected chi connectivity index (χ1v) is 7.59. The van der Waals surface area contributed by atoms with Gasteiger partial charge in [-0.1, -0.05) is 12.1 Å². The van der Waals surface area contributed by atoms with Gasteiger partial charge in [-0.25, -0.2) is 14.1 Å². The van der Waals surface area contributed by atoms with Gasteiger partial charge in [0.15, 0.2) is 0 Å². The van der Waals surface area contributed by atoms with Crippen molar-refractivity contribution in [3.05, 3.63) is 76.6 Å². The molecule has 0 fully saturated rings. The standard InChI is InChI=1S/C17H16FN5O2/c1-12(13-3-6-15(7-4-13)22-11-19-10-20-22)21(2)17-9-14(18)5-8-16(17)23(24)25/h3-12H,1-2H3. The van der Waals surface area contributed by atoms with Crippen molar-refractivity contribution in [2.45, 2.75) is 13.0 Å². The lowest BCUT2D eigenvalue weighted by molar-refractivity contribution is -0.384. The van der Waals surface area contributed by atoms with Gasteiger partial charge in [-0.15, -0.1) is 0 Å².